The van der Waals surface area contributed by atoms with Crippen molar-refractivity contribution in [2.24, 2.45) is 17.4 Å². The van der Waals surface area contributed by atoms with Crippen LogP contribution in [0.3, 0.4) is 0 Å². The Morgan fingerprint density at radius 1 is 0.829 bits per heavy atom. The van der Waals surface area contributed by atoms with E-state index in [9.17, 15) is 28.8 Å². The zero-order chi connectivity index (χ0) is 26.7. The molecule has 0 radical (unpaired) electrons. The average molecular weight is 494 g/mol. The summed E-state index contributed by atoms with van der Waals surface area (Å²) in [5.41, 5.74) is 11.9. The van der Waals surface area contributed by atoms with E-state index in [0.717, 1.165) is 5.56 Å². The van der Waals surface area contributed by atoms with Gasteiger partial charge >= 0.3 is 11.9 Å². The summed E-state index contributed by atoms with van der Waals surface area (Å²) in [5.74, 6) is -7.13. The molecule has 1 aromatic rings. The van der Waals surface area contributed by atoms with Gasteiger partial charge in [0.2, 0.25) is 23.6 Å². The molecule has 0 fully saturated rings. The van der Waals surface area contributed by atoms with E-state index < -0.39 is 78.5 Å². The lowest BCUT2D eigenvalue weighted by atomic mass is 10.0. The van der Waals surface area contributed by atoms with Crippen molar-refractivity contribution in [3.05, 3.63) is 35.9 Å². The summed E-state index contributed by atoms with van der Waals surface area (Å²) in [5, 5.41) is 24.7. The highest BCUT2D eigenvalue weighted by Crippen LogP contribution is 2.07. The number of benzene rings is 1. The number of carboxylic acids is 2. The smallest absolute Gasteiger partial charge is 0.326 e. The predicted molar refractivity (Wildman–Crippen MR) is 122 cm³/mol. The molecular formula is C22H31N5O8. The van der Waals surface area contributed by atoms with Crippen LogP contribution in [0.15, 0.2) is 30.3 Å². The highest BCUT2D eigenvalue weighted by molar-refractivity contribution is 5.96. The second-order valence-electron chi connectivity index (χ2n) is 8.26. The number of hydrogen-bond acceptors (Lipinski definition) is 7. The third kappa shape index (κ3) is 10.2. The van der Waals surface area contributed by atoms with Gasteiger partial charge in [-0.15, -0.1) is 0 Å². The van der Waals surface area contributed by atoms with E-state index in [2.05, 4.69) is 10.6 Å². The zero-order valence-corrected chi connectivity index (χ0v) is 19.4. The first kappa shape index (κ1) is 29.0. The fourth-order valence-electron chi connectivity index (χ4n) is 3.07. The van der Waals surface area contributed by atoms with Gasteiger partial charge in [0.15, 0.2) is 0 Å². The summed E-state index contributed by atoms with van der Waals surface area (Å²) in [6, 6.07) is 3.45. The maximum absolute atomic E-state index is 12.9. The molecule has 0 saturated carbocycles. The minimum absolute atomic E-state index is 0.214. The van der Waals surface area contributed by atoms with Crippen LogP contribution in [0.4, 0.5) is 0 Å². The fourth-order valence-corrected chi connectivity index (χ4v) is 3.07. The molecule has 13 heteroatoms. The zero-order valence-electron chi connectivity index (χ0n) is 19.4. The van der Waals surface area contributed by atoms with E-state index in [1.165, 1.54) is 0 Å². The first-order valence-corrected chi connectivity index (χ1v) is 10.7. The Balaban J connectivity index is 2.93. The maximum Gasteiger partial charge on any atom is 0.326 e. The fraction of sp³-hybridized carbons (Fsp3) is 0.455. The molecule has 13 nitrogen and oxygen atoms in total. The van der Waals surface area contributed by atoms with Crippen LogP contribution in [0.5, 0.6) is 0 Å². The Hall–Kier alpha value is -4.00. The molecule has 35 heavy (non-hydrogen) atoms. The van der Waals surface area contributed by atoms with Gasteiger partial charge in [-0.25, -0.2) is 4.79 Å². The van der Waals surface area contributed by atoms with Crippen molar-refractivity contribution in [3.63, 3.8) is 0 Å². The monoisotopic (exact) mass is 493 g/mol. The Morgan fingerprint density at radius 3 is 1.89 bits per heavy atom. The molecule has 0 aliphatic heterocycles. The van der Waals surface area contributed by atoms with Gasteiger partial charge in [0.25, 0.3) is 0 Å². The molecule has 1 rings (SSSR count). The molecule has 0 aliphatic rings. The van der Waals surface area contributed by atoms with Crippen LogP contribution in [0, 0.1) is 5.92 Å². The van der Waals surface area contributed by atoms with Crippen molar-refractivity contribution < 1.29 is 39.0 Å². The lowest BCUT2D eigenvalue weighted by Gasteiger charge is -2.26. The third-order valence-electron chi connectivity index (χ3n) is 4.91. The molecule has 0 bridgehead atoms. The van der Waals surface area contributed by atoms with Crippen molar-refractivity contribution in [3.8, 4) is 0 Å². The number of primary amides is 1. The van der Waals surface area contributed by atoms with E-state index in [-0.39, 0.29) is 6.42 Å². The van der Waals surface area contributed by atoms with Gasteiger partial charge in [-0.1, -0.05) is 44.2 Å². The van der Waals surface area contributed by atoms with Crippen LogP contribution in [0.25, 0.3) is 0 Å². The van der Waals surface area contributed by atoms with Gasteiger partial charge < -0.3 is 37.6 Å². The number of amides is 4. The standard InChI is InChI=1S/C22H31N5O8/c1-11(2)18(27-19(31)13(23)8-12-6-4-3-5-7-12)21(33)25-14(9-16(24)28)20(32)26-15(22(34)35)10-17(29)30/h3-7,11,13-15,18H,8-10,23H2,1-2H3,(H2,24,28)(H,25,33)(H,26,32)(H,27,31)(H,29,30)(H,34,35). The Kier molecular flexibility index (Phi) is 11.3. The summed E-state index contributed by atoms with van der Waals surface area (Å²) >= 11 is 0. The number of carboxylic acid groups (broad SMARTS) is 2. The Labute approximate surface area is 201 Å². The average Bonchev–Trinajstić information content (AvgIpc) is 2.75. The van der Waals surface area contributed by atoms with Crippen molar-refractivity contribution in [2.75, 3.05) is 0 Å². The first-order valence-electron chi connectivity index (χ1n) is 10.7. The lowest BCUT2D eigenvalue weighted by molar-refractivity contribution is -0.147. The van der Waals surface area contributed by atoms with Crippen molar-refractivity contribution >= 4 is 35.6 Å². The quantitative estimate of drug-likeness (QED) is 0.153. The second kappa shape index (κ2) is 13.6. The second-order valence-corrected chi connectivity index (χ2v) is 8.26. The highest BCUT2D eigenvalue weighted by Gasteiger charge is 2.33. The Morgan fingerprint density at radius 2 is 1.40 bits per heavy atom. The topological polar surface area (TPSA) is 231 Å². The molecule has 1 aromatic carbocycles. The van der Waals surface area contributed by atoms with Gasteiger partial charge in [0, 0.05) is 0 Å². The number of nitrogens with two attached hydrogens (primary N) is 2. The van der Waals surface area contributed by atoms with Gasteiger partial charge in [-0.2, -0.15) is 0 Å². The minimum Gasteiger partial charge on any atom is -0.481 e. The third-order valence-corrected chi connectivity index (χ3v) is 4.91. The summed E-state index contributed by atoms with van der Waals surface area (Å²) in [7, 11) is 0. The van der Waals surface area contributed by atoms with E-state index in [1.54, 1.807) is 38.1 Å². The molecule has 4 amide bonds. The number of carbonyl (C=O) groups excluding carboxylic acids is 4. The van der Waals surface area contributed by atoms with Gasteiger partial charge in [-0.3, -0.25) is 24.0 Å². The number of nitrogens with one attached hydrogen (secondary N) is 3. The lowest BCUT2D eigenvalue weighted by Crippen LogP contribution is -2.59. The van der Waals surface area contributed by atoms with Crippen LogP contribution >= 0.6 is 0 Å². The van der Waals surface area contributed by atoms with Crippen molar-refractivity contribution in [1.29, 1.82) is 0 Å². The molecule has 9 N–H and O–H groups in total. The predicted octanol–water partition coefficient (Wildman–Crippen LogP) is -1.90. The summed E-state index contributed by atoms with van der Waals surface area (Å²) in [4.78, 5) is 71.5. The van der Waals surface area contributed by atoms with Crippen LogP contribution in [0.1, 0.15) is 32.3 Å². The first-order chi connectivity index (χ1) is 16.3. The summed E-state index contributed by atoms with van der Waals surface area (Å²) in [6.45, 7) is 3.26. The summed E-state index contributed by atoms with van der Waals surface area (Å²) < 4.78 is 0. The molecule has 0 spiro atoms. The molecule has 0 aromatic heterocycles. The van der Waals surface area contributed by atoms with Gasteiger partial charge in [0.1, 0.15) is 18.1 Å². The van der Waals surface area contributed by atoms with E-state index in [0.29, 0.717) is 0 Å². The normalized spacial score (nSPS) is 14.2. The SMILES string of the molecule is CC(C)C(NC(=O)C(N)Cc1ccccc1)C(=O)NC(CC(N)=O)C(=O)NC(CC(=O)O)C(=O)O. The molecular weight excluding hydrogens is 462 g/mol. The Bertz CT molecular complexity index is 937. The number of rotatable bonds is 14. The minimum atomic E-state index is -1.80. The maximum atomic E-state index is 12.9. The summed E-state index contributed by atoms with van der Waals surface area (Å²) in [6.07, 6.45) is -1.41. The molecule has 4 unspecified atom stereocenters. The molecule has 0 heterocycles. The van der Waals surface area contributed by atoms with Crippen LogP contribution in [0.2, 0.25) is 0 Å². The van der Waals surface area contributed by atoms with Gasteiger partial charge in [-0.05, 0) is 17.9 Å². The van der Waals surface area contributed by atoms with E-state index in [1.807, 2.05) is 11.4 Å². The van der Waals surface area contributed by atoms with E-state index >= 15 is 0 Å². The number of carbonyl (C=O) groups is 6. The number of aliphatic carboxylic acids is 2. The molecule has 0 saturated heterocycles. The van der Waals surface area contributed by atoms with Gasteiger partial charge in [0.05, 0.1) is 18.9 Å². The van der Waals surface area contributed by atoms with Crippen LogP contribution in [-0.4, -0.2) is 69.9 Å². The molecule has 0 aliphatic carbocycles. The van der Waals surface area contributed by atoms with Crippen molar-refractivity contribution in [1.82, 2.24) is 16.0 Å². The number of hydrogen-bond donors (Lipinski definition) is 7. The highest BCUT2D eigenvalue weighted by atomic mass is 16.4. The van der Waals surface area contributed by atoms with Crippen LogP contribution in [-0.2, 0) is 35.2 Å². The largest absolute Gasteiger partial charge is 0.481 e. The molecule has 192 valence electrons. The van der Waals surface area contributed by atoms with Crippen molar-refractivity contribution in [2.45, 2.75) is 57.3 Å². The molecule has 4 atom stereocenters. The van der Waals surface area contributed by atoms with E-state index in [4.69, 9.17) is 21.7 Å². The van der Waals surface area contributed by atoms with Crippen LogP contribution < -0.4 is 27.4 Å².